The summed E-state index contributed by atoms with van der Waals surface area (Å²) in [6.07, 6.45) is -0.500. The molecule has 1 saturated heterocycles. The Morgan fingerprint density at radius 3 is 2.32 bits per heavy atom. The van der Waals surface area contributed by atoms with E-state index in [2.05, 4.69) is 31.8 Å². The van der Waals surface area contributed by atoms with Crippen molar-refractivity contribution < 1.29 is 19.3 Å². The number of aliphatic hydroxyl groups excluding tert-OH is 1. The van der Waals surface area contributed by atoms with E-state index < -0.39 is 6.10 Å². The molecule has 6 nitrogen and oxygen atoms in total. The lowest BCUT2D eigenvalue weighted by molar-refractivity contribution is 0.00717. The van der Waals surface area contributed by atoms with Crippen LogP contribution in [0, 0.1) is 0 Å². The first-order chi connectivity index (χ1) is 14.2. The maximum atomic E-state index is 10.3. The molecule has 9 heteroatoms. The maximum Gasteiger partial charge on any atom is 0.142 e. The van der Waals surface area contributed by atoms with Crippen molar-refractivity contribution in [2.45, 2.75) is 6.10 Å². The molecule has 0 radical (unpaired) electrons. The van der Waals surface area contributed by atoms with Crippen molar-refractivity contribution in [3.8, 4) is 11.5 Å². The van der Waals surface area contributed by atoms with Crippen LogP contribution in [0.3, 0.4) is 0 Å². The van der Waals surface area contributed by atoms with Gasteiger partial charge in [-0.25, -0.2) is 0 Å². The zero-order valence-electron chi connectivity index (χ0n) is 17.6. The van der Waals surface area contributed by atoms with Gasteiger partial charge in [0.2, 0.25) is 0 Å². The molecule has 31 heavy (non-hydrogen) atoms. The number of para-hydroxylation sites is 2. The summed E-state index contributed by atoms with van der Waals surface area (Å²) in [6.45, 7) is 5.48. The Bertz CT molecular complexity index is 747. The van der Waals surface area contributed by atoms with Crippen LogP contribution in [0.25, 0.3) is 0 Å². The number of nitrogens with zero attached hydrogens (tertiary/aromatic N) is 2. The van der Waals surface area contributed by atoms with Gasteiger partial charge in [0.15, 0.2) is 0 Å². The molecular formula is C22H31BrCl2N2O4. The molecule has 2 aromatic rings. The zero-order chi connectivity index (χ0) is 20.5. The third-order valence-electron chi connectivity index (χ3n) is 4.89. The van der Waals surface area contributed by atoms with Crippen LogP contribution in [0.1, 0.15) is 0 Å². The van der Waals surface area contributed by atoms with Crippen LogP contribution in [0.4, 0.5) is 5.69 Å². The van der Waals surface area contributed by atoms with Crippen LogP contribution in [-0.4, -0.2) is 75.8 Å². The molecular weight excluding hydrogens is 507 g/mol. The van der Waals surface area contributed by atoms with E-state index in [0.717, 1.165) is 47.8 Å². The van der Waals surface area contributed by atoms with Crippen LogP contribution < -0.4 is 14.4 Å². The standard InChI is InChI=1S/C22H29BrN2O4.2ClH/c1-27-22-5-3-2-4-21(22)25-12-10-24(11-13-25)16-19(26)17-28-14-15-29-20-8-6-18(23)7-9-20;;/h2-9,19,26H,10-17H2,1H3;2*1H. The SMILES string of the molecule is COc1ccccc1N1CCN(CC(O)COCCOc2ccc(Br)cc2)CC1.Cl.Cl. The number of hydrogen-bond acceptors (Lipinski definition) is 6. The van der Waals surface area contributed by atoms with E-state index in [0.29, 0.717) is 26.4 Å². The first-order valence-electron chi connectivity index (χ1n) is 9.90. The number of methoxy groups -OCH3 is 1. The summed E-state index contributed by atoms with van der Waals surface area (Å²) in [5.41, 5.74) is 1.13. The molecule has 1 heterocycles. The molecule has 0 saturated carbocycles. The summed E-state index contributed by atoms with van der Waals surface area (Å²) < 4.78 is 17.7. The Morgan fingerprint density at radius 1 is 0.968 bits per heavy atom. The molecule has 1 unspecified atom stereocenters. The fourth-order valence-electron chi connectivity index (χ4n) is 3.38. The number of benzene rings is 2. The number of β-amino-alcohol motifs (C(OH)–C–C–N with tert-alkyl or cyclic N) is 1. The van der Waals surface area contributed by atoms with Crippen LogP contribution >= 0.6 is 40.7 Å². The van der Waals surface area contributed by atoms with E-state index in [9.17, 15) is 5.11 Å². The second-order valence-corrected chi connectivity index (χ2v) is 7.91. The van der Waals surface area contributed by atoms with Gasteiger partial charge in [0.05, 0.1) is 32.1 Å². The topological polar surface area (TPSA) is 54.4 Å². The molecule has 0 aliphatic carbocycles. The fourth-order valence-corrected chi connectivity index (χ4v) is 3.65. The second-order valence-electron chi connectivity index (χ2n) is 6.99. The smallest absolute Gasteiger partial charge is 0.142 e. The van der Waals surface area contributed by atoms with Gasteiger partial charge in [-0.1, -0.05) is 28.1 Å². The Balaban J connectivity index is 0.00000240. The first kappa shape index (κ1) is 27.8. The van der Waals surface area contributed by atoms with Crippen LogP contribution in [0.5, 0.6) is 11.5 Å². The van der Waals surface area contributed by atoms with Gasteiger partial charge >= 0.3 is 0 Å². The van der Waals surface area contributed by atoms with Gasteiger partial charge in [0.1, 0.15) is 18.1 Å². The van der Waals surface area contributed by atoms with Crippen molar-refractivity contribution in [2.75, 3.05) is 64.6 Å². The Morgan fingerprint density at radius 2 is 1.65 bits per heavy atom. The van der Waals surface area contributed by atoms with E-state index in [-0.39, 0.29) is 24.8 Å². The van der Waals surface area contributed by atoms with Crippen molar-refractivity contribution in [2.24, 2.45) is 0 Å². The van der Waals surface area contributed by atoms with Crippen LogP contribution in [0.15, 0.2) is 53.0 Å². The molecule has 0 aromatic heterocycles. The number of aliphatic hydroxyl groups is 1. The minimum Gasteiger partial charge on any atom is -0.495 e. The van der Waals surface area contributed by atoms with Crippen LogP contribution in [0.2, 0.25) is 0 Å². The molecule has 1 N–H and O–H groups in total. The predicted molar refractivity (Wildman–Crippen MR) is 133 cm³/mol. The highest BCUT2D eigenvalue weighted by atomic mass is 79.9. The van der Waals surface area contributed by atoms with Gasteiger partial charge in [-0.05, 0) is 36.4 Å². The molecule has 0 amide bonds. The molecule has 2 aromatic carbocycles. The summed E-state index contributed by atoms with van der Waals surface area (Å²) in [5, 5.41) is 10.3. The Labute approximate surface area is 205 Å². The van der Waals surface area contributed by atoms with Crippen LogP contribution in [-0.2, 0) is 4.74 Å². The van der Waals surface area contributed by atoms with Gasteiger partial charge < -0.3 is 24.2 Å². The number of anilines is 1. The van der Waals surface area contributed by atoms with E-state index in [1.54, 1.807) is 7.11 Å². The first-order valence-corrected chi connectivity index (χ1v) is 10.7. The average molecular weight is 538 g/mol. The lowest BCUT2D eigenvalue weighted by atomic mass is 10.2. The summed E-state index contributed by atoms with van der Waals surface area (Å²) in [6, 6.07) is 15.8. The zero-order valence-corrected chi connectivity index (χ0v) is 20.8. The molecule has 3 rings (SSSR count). The summed E-state index contributed by atoms with van der Waals surface area (Å²) in [4.78, 5) is 4.61. The molecule has 1 atom stereocenters. The summed E-state index contributed by atoms with van der Waals surface area (Å²) in [7, 11) is 1.70. The van der Waals surface area contributed by atoms with E-state index in [1.165, 1.54) is 0 Å². The number of rotatable bonds is 10. The highest BCUT2D eigenvalue weighted by molar-refractivity contribution is 9.10. The van der Waals surface area contributed by atoms with Gasteiger partial charge in [-0.3, -0.25) is 4.90 Å². The number of piperazine rings is 1. The molecule has 1 fully saturated rings. The van der Waals surface area contributed by atoms with Crippen molar-refractivity contribution in [3.05, 3.63) is 53.0 Å². The Hall–Kier alpha value is -1.22. The minimum atomic E-state index is -0.500. The largest absolute Gasteiger partial charge is 0.495 e. The lowest BCUT2D eigenvalue weighted by Gasteiger charge is -2.37. The second kappa shape index (κ2) is 14.8. The van der Waals surface area contributed by atoms with E-state index >= 15 is 0 Å². The quantitative estimate of drug-likeness (QED) is 0.464. The number of hydrogen-bond donors (Lipinski definition) is 1. The van der Waals surface area contributed by atoms with E-state index in [4.69, 9.17) is 14.2 Å². The van der Waals surface area contributed by atoms with Crippen molar-refractivity contribution in [1.29, 1.82) is 0 Å². The van der Waals surface area contributed by atoms with Gasteiger partial charge in [0, 0.05) is 37.2 Å². The average Bonchev–Trinajstić information content (AvgIpc) is 2.75. The Kier molecular flexibility index (Phi) is 13.3. The maximum absolute atomic E-state index is 10.3. The van der Waals surface area contributed by atoms with Gasteiger partial charge in [-0.15, -0.1) is 24.8 Å². The summed E-state index contributed by atoms with van der Waals surface area (Å²) in [5.74, 6) is 1.71. The lowest BCUT2D eigenvalue weighted by Crippen LogP contribution is -2.49. The minimum absolute atomic E-state index is 0. The third kappa shape index (κ3) is 9.04. The fraction of sp³-hybridized carbons (Fsp3) is 0.455. The van der Waals surface area contributed by atoms with Gasteiger partial charge in [0.25, 0.3) is 0 Å². The normalized spacial score (nSPS) is 14.9. The molecule has 174 valence electrons. The molecule has 1 aliphatic rings. The predicted octanol–water partition coefficient (Wildman–Crippen LogP) is 3.88. The number of ether oxygens (including phenoxy) is 3. The van der Waals surface area contributed by atoms with E-state index in [1.807, 2.05) is 42.5 Å². The molecule has 0 bridgehead atoms. The highest BCUT2D eigenvalue weighted by Gasteiger charge is 2.21. The highest BCUT2D eigenvalue weighted by Crippen LogP contribution is 2.28. The van der Waals surface area contributed by atoms with Crippen molar-refractivity contribution in [3.63, 3.8) is 0 Å². The van der Waals surface area contributed by atoms with Gasteiger partial charge in [-0.2, -0.15) is 0 Å². The number of halogens is 3. The molecule has 0 spiro atoms. The summed E-state index contributed by atoms with van der Waals surface area (Å²) >= 11 is 3.40. The van der Waals surface area contributed by atoms with Crippen molar-refractivity contribution >= 4 is 46.4 Å². The van der Waals surface area contributed by atoms with Crippen molar-refractivity contribution in [1.82, 2.24) is 4.90 Å². The molecule has 1 aliphatic heterocycles. The third-order valence-corrected chi connectivity index (χ3v) is 5.42. The monoisotopic (exact) mass is 536 g/mol.